The van der Waals surface area contributed by atoms with Crippen molar-refractivity contribution in [1.82, 2.24) is 16.0 Å². The summed E-state index contributed by atoms with van der Waals surface area (Å²) < 4.78 is 0. The Morgan fingerprint density at radius 2 is 1.70 bits per heavy atom. The van der Waals surface area contributed by atoms with Gasteiger partial charge in [-0.25, -0.2) is 4.79 Å². The maximum atomic E-state index is 12.2. The molecule has 0 aliphatic rings. The molecular formula is C16H34N4O3. The van der Waals surface area contributed by atoms with Crippen LogP contribution in [0.2, 0.25) is 0 Å². The van der Waals surface area contributed by atoms with Crippen LogP contribution in [0.1, 0.15) is 54.4 Å². The third kappa shape index (κ3) is 11.6. The molecule has 0 fully saturated rings. The van der Waals surface area contributed by atoms with Gasteiger partial charge in [0, 0.05) is 6.54 Å². The summed E-state index contributed by atoms with van der Waals surface area (Å²) in [5.74, 6) is -0.134. The summed E-state index contributed by atoms with van der Waals surface area (Å²) in [6.45, 7) is 12.4. The van der Waals surface area contributed by atoms with Crippen LogP contribution < -0.4 is 21.7 Å². The van der Waals surface area contributed by atoms with Gasteiger partial charge in [-0.05, 0) is 32.2 Å². The maximum absolute atomic E-state index is 12.2. The van der Waals surface area contributed by atoms with E-state index in [4.69, 9.17) is 5.73 Å². The molecule has 2 unspecified atom stereocenters. The van der Waals surface area contributed by atoms with Crippen molar-refractivity contribution in [3.05, 3.63) is 0 Å². The first-order valence-corrected chi connectivity index (χ1v) is 8.37. The quantitative estimate of drug-likeness (QED) is 0.450. The SMILES string of the molecule is CC.CCNC(C(=O)NC(CCCNC(N)=O)C(C)=O)C(C)C. The largest absolute Gasteiger partial charge is 0.352 e. The Bertz CT molecular complexity index is 359. The third-order valence-corrected chi connectivity index (χ3v) is 3.15. The highest BCUT2D eigenvalue weighted by molar-refractivity contribution is 5.89. The number of urea groups is 1. The molecule has 7 heteroatoms. The highest BCUT2D eigenvalue weighted by atomic mass is 16.2. The van der Waals surface area contributed by atoms with Crippen molar-refractivity contribution in [3.63, 3.8) is 0 Å². The molecule has 0 rings (SSSR count). The molecule has 0 aromatic carbocycles. The van der Waals surface area contributed by atoms with Gasteiger partial charge in [-0.15, -0.1) is 0 Å². The van der Waals surface area contributed by atoms with Crippen LogP contribution in [-0.2, 0) is 9.59 Å². The van der Waals surface area contributed by atoms with Gasteiger partial charge in [-0.3, -0.25) is 9.59 Å². The zero-order valence-corrected chi connectivity index (χ0v) is 15.4. The molecule has 0 aromatic rings. The Morgan fingerprint density at radius 1 is 1.13 bits per heavy atom. The van der Waals surface area contributed by atoms with Gasteiger partial charge in [-0.1, -0.05) is 34.6 Å². The number of primary amides is 1. The summed E-state index contributed by atoms with van der Waals surface area (Å²) in [4.78, 5) is 34.4. The number of rotatable bonds is 10. The number of Topliss-reactive ketones (excluding diaryl/α,β-unsaturated/α-hetero) is 1. The first-order valence-electron chi connectivity index (χ1n) is 8.37. The van der Waals surface area contributed by atoms with Crippen LogP contribution >= 0.6 is 0 Å². The van der Waals surface area contributed by atoms with E-state index in [2.05, 4.69) is 16.0 Å². The molecule has 0 saturated heterocycles. The van der Waals surface area contributed by atoms with E-state index in [-0.39, 0.29) is 23.7 Å². The minimum Gasteiger partial charge on any atom is -0.352 e. The zero-order valence-electron chi connectivity index (χ0n) is 15.4. The van der Waals surface area contributed by atoms with Crippen LogP contribution in [0.25, 0.3) is 0 Å². The van der Waals surface area contributed by atoms with Crippen molar-refractivity contribution in [2.75, 3.05) is 13.1 Å². The smallest absolute Gasteiger partial charge is 0.312 e. The number of hydrogen-bond acceptors (Lipinski definition) is 4. The fraction of sp³-hybridized carbons (Fsp3) is 0.812. The molecule has 5 N–H and O–H groups in total. The van der Waals surface area contributed by atoms with E-state index in [0.717, 1.165) is 0 Å². The Labute approximate surface area is 140 Å². The molecule has 3 amide bonds. The van der Waals surface area contributed by atoms with Crippen molar-refractivity contribution in [2.24, 2.45) is 11.7 Å². The van der Waals surface area contributed by atoms with E-state index in [1.54, 1.807) is 0 Å². The maximum Gasteiger partial charge on any atom is 0.312 e. The predicted molar refractivity (Wildman–Crippen MR) is 93.1 cm³/mol. The van der Waals surface area contributed by atoms with Crippen LogP contribution in [0, 0.1) is 5.92 Å². The minimum atomic E-state index is -0.592. The molecule has 2 atom stereocenters. The molecule has 136 valence electrons. The van der Waals surface area contributed by atoms with E-state index in [1.165, 1.54) is 6.92 Å². The average Bonchev–Trinajstić information content (AvgIpc) is 2.48. The minimum absolute atomic E-state index is 0.0959. The van der Waals surface area contributed by atoms with E-state index in [9.17, 15) is 14.4 Å². The zero-order chi connectivity index (χ0) is 18.4. The van der Waals surface area contributed by atoms with Crippen LogP contribution in [0.5, 0.6) is 0 Å². The van der Waals surface area contributed by atoms with Crippen LogP contribution in [-0.4, -0.2) is 42.9 Å². The van der Waals surface area contributed by atoms with Gasteiger partial charge in [0.05, 0.1) is 12.1 Å². The standard InChI is InChI=1S/C14H28N4O3.C2H6/c1-5-16-12(9(2)3)13(20)18-11(10(4)19)7-6-8-17-14(15)21;1-2/h9,11-12,16H,5-8H2,1-4H3,(H,18,20)(H3,15,17,21);1-2H3. The number of hydrogen-bond donors (Lipinski definition) is 4. The fourth-order valence-electron chi connectivity index (χ4n) is 2.01. The number of nitrogens with two attached hydrogens (primary N) is 1. The molecule has 0 radical (unpaired) electrons. The van der Waals surface area contributed by atoms with Gasteiger partial charge in [0.25, 0.3) is 0 Å². The molecule has 0 aliphatic heterocycles. The Balaban J connectivity index is 0. The van der Waals surface area contributed by atoms with E-state index >= 15 is 0 Å². The van der Waals surface area contributed by atoms with Crippen molar-refractivity contribution in [3.8, 4) is 0 Å². The molecule has 23 heavy (non-hydrogen) atoms. The lowest BCUT2D eigenvalue weighted by Gasteiger charge is -2.24. The van der Waals surface area contributed by atoms with Crippen molar-refractivity contribution >= 4 is 17.7 Å². The van der Waals surface area contributed by atoms with Gasteiger partial charge in [0.15, 0.2) is 5.78 Å². The van der Waals surface area contributed by atoms with Crippen molar-refractivity contribution < 1.29 is 14.4 Å². The second-order valence-electron chi connectivity index (χ2n) is 5.38. The third-order valence-electron chi connectivity index (χ3n) is 3.15. The van der Waals surface area contributed by atoms with E-state index < -0.39 is 12.1 Å². The highest BCUT2D eigenvalue weighted by Crippen LogP contribution is 2.04. The Hall–Kier alpha value is -1.63. The molecular weight excluding hydrogens is 296 g/mol. The lowest BCUT2D eigenvalue weighted by molar-refractivity contribution is -0.129. The van der Waals surface area contributed by atoms with Gasteiger partial charge in [0.1, 0.15) is 0 Å². The van der Waals surface area contributed by atoms with Gasteiger partial charge >= 0.3 is 6.03 Å². The first kappa shape index (κ1) is 23.6. The van der Waals surface area contributed by atoms with Crippen LogP contribution in [0.3, 0.4) is 0 Å². The van der Waals surface area contributed by atoms with Crippen molar-refractivity contribution in [2.45, 2.75) is 66.5 Å². The number of carbonyl (C=O) groups excluding carboxylic acids is 3. The van der Waals surface area contributed by atoms with Crippen LogP contribution in [0.15, 0.2) is 0 Å². The second kappa shape index (κ2) is 14.0. The monoisotopic (exact) mass is 330 g/mol. The lowest BCUT2D eigenvalue weighted by Crippen LogP contribution is -2.52. The molecule has 0 bridgehead atoms. The van der Waals surface area contributed by atoms with E-state index in [0.29, 0.717) is 25.9 Å². The summed E-state index contributed by atoms with van der Waals surface area (Å²) in [5, 5.41) is 8.34. The summed E-state index contributed by atoms with van der Waals surface area (Å²) in [6, 6.07) is -1.45. The first-order chi connectivity index (χ1) is 10.8. The average molecular weight is 330 g/mol. The molecule has 0 aliphatic carbocycles. The van der Waals surface area contributed by atoms with E-state index in [1.807, 2.05) is 34.6 Å². The van der Waals surface area contributed by atoms with Crippen LogP contribution in [0.4, 0.5) is 4.79 Å². The number of likely N-dealkylation sites (N-methyl/N-ethyl adjacent to an activating group) is 1. The normalized spacial score (nSPS) is 12.7. The molecule has 0 spiro atoms. The summed E-state index contributed by atoms with van der Waals surface area (Å²) in [5.41, 5.74) is 4.96. The molecule has 0 heterocycles. The van der Waals surface area contributed by atoms with Gasteiger partial charge < -0.3 is 21.7 Å². The van der Waals surface area contributed by atoms with Gasteiger partial charge in [0.2, 0.25) is 5.91 Å². The van der Waals surface area contributed by atoms with Gasteiger partial charge in [-0.2, -0.15) is 0 Å². The number of ketones is 1. The number of nitrogens with one attached hydrogen (secondary N) is 3. The molecule has 0 aromatic heterocycles. The Kier molecular flexibility index (Phi) is 14.4. The summed E-state index contributed by atoms with van der Waals surface area (Å²) in [7, 11) is 0. The highest BCUT2D eigenvalue weighted by Gasteiger charge is 2.25. The summed E-state index contributed by atoms with van der Waals surface area (Å²) in [6.07, 6.45) is 1.04. The molecule has 7 nitrogen and oxygen atoms in total. The van der Waals surface area contributed by atoms with Crippen molar-refractivity contribution in [1.29, 1.82) is 0 Å². The topological polar surface area (TPSA) is 113 Å². The fourth-order valence-corrected chi connectivity index (χ4v) is 2.01. The molecule has 0 saturated carbocycles. The predicted octanol–water partition coefficient (Wildman–Crippen LogP) is 1.17. The number of amides is 3. The Morgan fingerprint density at radius 3 is 2.09 bits per heavy atom. The second-order valence-corrected chi connectivity index (χ2v) is 5.38. The lowest BCUT2D eigenvalue weighted by atomic mass is 10.0. The number of carbonyl (C=O) groups is 3. The summed E-state index contributed by atoms with van der Waals surface area (Å²) >= 11 is 0.